The largest absolute Gasteiger partial charge is 0.406 e. The van der Waals surface area contributed by atoms with Gasteiger partial charge in [0.25, 0.3) is 0 Å². The summed E-state index contributed by atoms with van der Waals surface area (Å²) in [5.41, 5.74) is 6.44. The molecule has 0 fully saturated rings. The van der Waals surface area contributed by atoms with Crippen molar-refractivity contribution in [2.45, 2.75) is 6.92 Å². The van der Waals surface area contributed by atoms with Crippen LogP contribution in [0.5, 0.6) is 5.88 Å². The van der Waals surface area contributed by atoms with E-state index >= 15 is 0 Å². The van der Waals surface area contributed by atoms with Crippen LogP contribution in [0.2, 0.25) is 5.02 Å². The molecule has 1 heterocycles. The number of aromatic nitrogens is 1. The van der Waals surface area contributed by atoms with Gasteiger partial charge in [-0.2, -0.15) is 4.98 Å². The Morgan fingerprint density at radius 3 is 2.94 bits per heavy atom. The fraction of sp³-hybridized carbons (Fsp3) is 0.0909. The average Bonchev–Trinajstić information content (AvgIpc) is 2.58. The Morgan fingerprint density at radius 1 is 1.53 bits per heavy atom. The van der Waals surface area contributed by atoms with E-state index in [1.54, 1.807) is 12.1 Å². The van der Waals surface area contributed by atoms with Crippen molar-refractivity contribution in [3.63, 3.8) is 0 Å². The number of benzene rings is 1. The van der Waals surface area contributed by atoms with Gasteiger partial charge in [-0.05, 0) is 17.7 Å². The van der Waals surface area contributed by atoms with Gasteiger partial charge in [-0.25, -0.2) is 0 Å². The Balaban J connectivity index is 2.47. The lowest BCUT2D eigenvalue weighted by Crippen LogP contribution is -2.02. The number of esters is 1. The normalized spacial score (nSPS) is 10.2. The molecule has 0 aliphatic heterocycles. The molecule has 0 unspecified atom stereocenters. The molecule has 17 heavy (non-hydrogen) atoms. The van der Waals surface area contributed by atoms with E-state index in [-0.39, 0.29) is 5.88 Å². The molecule has 88 valence electrons. The van der Waals surface area contributed by atoms with Gasteiger partial charge < -0.3 is 10.5 Å². The Kier molecular flexibility index (Phi) is 3.31. The van der Waals surface area contributed by atoms with Gasteiger partial charge in [0, 0.05) is 11.9 Å². The topological polar surface area (TPSA) is 65.2 Å². The van der Waals surface area contributed by atoms with Crippen molar-refractivity contribution in [3.8, 4) is 16.3 Å². The molecule has 0 aliphatic carbocycles. The number of hydrogen-bond donors (Lipinski definition) is 1. The Bertz CT molecular complexity index is 568. The van der Waals surface area contributed by atoms with Crippen LogP contribution in [0.15, 0.2) is 24.3 Å². The molecule has 0 aliphatic rings. The van der Waals surface area contributed by atoms with Gasteiger partial charge in [-0.3, -0.25) is 4.79 Å². The fourth-order valence-electron chi connectivity index (χ4n) is 1.34. The first-order chi connectivity index (χ1) is 8.06. The molecule has 0 radical (unpaired) electrons. The number of hydrogen-bond acceptors (Lipinski definition) is 5. The maximum atomic E-state index is 10.9. The molecular formula is C11H9ClN2O2S. The second-order valence-corrected chi connectivity index (χ2v) is 4.76. The maximum Gasteiger partial charge on any atom is 0.309 e. The Labute approximate surface area is 107 Å². The van der Waals surface area contributed by atoms with Gasteiger partial charge >= 0.3 is 5.97 Å². The average molecular weight is 269 g/mol. The molecule has 2 N–H and O–H groups in total. The maximum absolute atomic E-state index is 10.9. The number of nitrogens with zero attached hydrogens (tertiary/aromatic N) is 1. The quantitative estimate of drug-likeness (QED) is 0.851. The van der Waals surface area contributed by atoms with Crippen molar-refractivity contribution in [2.24, 2.45) is 0 Å². The summed E-state index contributed by atoms with van der Waals surface area (Å²) in [6, 6.07) is 7.19. The standard InChI is InChI=1S/C11H9ClN2O2S/c1-6(15)16-10-9(17-11(13)14-10)7-3-2-4-8(12)5-7/h2-5H,1H3,(H2,13,14). The van der Waals surface area contributed by atoms with E-state index in [9.17, 15) is 4.79 Å². The molecular weight excluding hydrogens is 260 g/mol. The number of thiazole rings is 1. The SMILES string of the molecule is CC(=O)Oc1nc(N)sc1-c1cccc(Cl)c1. The third-order valence-electron chi connectivity index (χ3n) is 1.94. The zero-order valence-electron chi connectivity index (χ0n) is 8.94. The smallest absolute Gasteiger partial charge is 0.309 e. The predicted molar refractivity (Wildman–Crippen MR) is 68.3 cm³/mol. The second-order valence-electron chi connectivity index (χ2n) is 3.29. The molecule has 0 spiro atoms. The Morgan fingerprint density at radius 2 is 2.29 bits per heavy atom. The van der Waals surface area contributed by atoms with Crippen LogP contribution < -0.4 is 10.5 Å². The summed E-state index contributed by atoms with van der Waals surface area (Å²) in [6.07, 6.45) is 0. The molecule has 4 nitrogen and oxygen atoms in total. The number of rotatable bonds is 2. The summed E-state index contributed by atoms with van der Waals surface area (Å²) < 4.78 is 5.00. The van der Waals surface area contributed by atoms with Gasteiger partial charge in [0.05, 0.1) is 0 Å². The minimum atomic E-state index is -0.432. The number of halogens is 1. The first kappa shape index (κ1) is 11.9. The van der Waals surface area contributed by atoms with E-state index in [1.807, 2.05) is 12.1 Å². The van der Waals surface area contributed by atoms with Crippen LogP contribution in [0, 0.1) is 0 Å². The molecule has 1 aromatic carbocycles. The summed E-state index contributed by atoms with van der Waals surface area (Å²) in [5.74, 6) is -0.208. The summed E-state index contributed by atoms with van der Waals surface area (Å²) in [6.45, 7) is 1.32. The highest BCUT2D eigenvalue weighted by atomic mass is 35.5. The van der Waals surface area contributed by atoms with E-state index in [0.29, 0.717) is 15.0 Å². The molecule has 6 heteroatoms. The molecule has 0 saturated carbocycles. The molecule has 0 amide bonds. The van der Waals surface area contributed by atoms with E-state index < -0.39 is 5.97 Å². The van der Waals surface area contributed by atoms with E-state index in [2.05, 4.69) is 4.98 Å². The minimum absolute atomic E-state index is 0.224. The lowest BCUT2D eigenvalue weighted by Gasteiger charge is -2.01. The van der Waals surface area contributed by atoms with Crippen LogP contribution in [0.1, 0.15) is 6.92 Å². The van der Waals surface area contributed by atoms with E-state index in [1.165, 1.54) is 18.3 Å². The molecule has 2 aromatic rings. The van der Waals surface area contributed by atoms with E-state index in [4.69, 9.17) is 22.1 Å². The second kappa shape index (κ2) is 4.73. The lowest BCUT2D eigenvalue weighted by atomic mass is 10.2. The monoisotopic (exact) mass is 268 g/mol. The van der Waals surface area contributed by atoms with Gasteiger partial charge in [0.1, 0.15) is 4.88 Å². The highest BCUT2D eigenvalue weighted by molar-refractivity contribution is 7.19. The third-order valence-corrected chi connectivity index (χ3v) is 3.09. The van der Waals surface area contributed by atoms with Crippen molar-refractivity contribution in [1.82, 2.24) is 4.98 Å². The number of nitrogens with two attached hydrogens (primary N) is 1. The molecule has 2 rings (SSSR count). The first-order valence-corrected chi connectivity index (χ1v) is 5.96. The molecule has 1 aromatic heterocycles. The zero-order chi connectivity index (χ0) is 12.4. The van der Waals surface area contributed by atoms with Crippen LogP contribution >= 0.6 is 22.9 Å². The van der Waals surface area contributed by atoms with Crippen molar-refractivity contribution >= 4 is 34.0 Å². The van der Waals surface area contributed by atoms with Crippen LogP contribution in [0.25, 0.3) is 10.4 Å². The highest BCUT2D eigenvalue weighted by Gasteiger charge is 2.15. The minimum Gasteiger partial charge on any atom is -0.406 e. The van der Waals surface area contributed by atoms with Crippen LogP contribution in [0.4, 0.5) is 5.13 Å². The summed E-state index contributed by atoms with van der Waals surface area (Å²) in [7, 11) is 0. The number of anilines is 1. The van der Waals surface area contributed by atoms with Gasteiger partial charge in [-0.1, -0.05) is 35.1 Å². The molecule has 0 bridgehead atoms. The van der Waals surface area contributed by atoms with Gasteiger partial charge in [0.2, 0.25) is 5.88 Å². The van der Waals surface area contributed by atoms with Crippen molar-refractivity contribution < 1.29 is 9.53 Å². The third kappa shape index (κ3) is 2.75. The van der Waals surface area contributed by atoms with Crippen LogP contribution in [-0.4, -0.2) is 11.0 Å². The van der Waals surface area contributed by atoms with Crippen molar-refractivity contribution in [2.75, 3.05) is 5.73 Å². The number of carbonyl (C=O) groups is 1. The van der Waals surface area contributed by atoms with Crippen molar-refractivity contribution in [3.05, 3.63) is 29.3 Å². The van der Waals surface area contributed by atoms with E-state index in [0.717, 1.165) is 5.56 Å². The highest BCUT2D eigenvalue weighted by Crippen LogP contribution is 2.37. The molecule has 0 atom stereocenters. The first-order valence-electron chi connectivity index (χ1n) is 4.77. The number of nitrogen functional groups attached to an aromatic ring is 1. The lowest BCUT2D eigenvalue weighted by molar-refractivity contribution is -0.132. The molecule has 0 saturated heterocycles. The van der Waals surface area contributed by atoms with Gasteiger partial charge in [0.15, 0.2) is 5.13 Å². The zero-order valence-corrected chi connectivity index (χ0v) is 10.5. The number of carbonyl (C=O) groups excluding carboxylic acids is 1. The van der Waals surface area contributed by atoms with Crippen LogP contribution in [-0.2, 0) is 4.79 Å². The van der Waals surface area contributed by atoms with Crippen LogP contribution in [0.3, 0.4) is 0 Å². The predicted octanol–water partition coefficient (Wildman–Crippen LogP) is 2.97. The summed E-state index contributed by atoms with van der Waals surface area (Å²) >= 11 is 7.15. The summed E-state index contributed by atoms with van der Waals surface area (Å²) in [4.78, 5) is 15.6. The van der Waals surface area contributed by atoms with Gasteiger partial charge in [-0.15, -0.1) is 0 Å². The summed E-state index contributed by atoms with van der Waals surface area (Å²) in [5, 5.41) is 0.944. The fourth-order valence-corrected chi connectivity index (χ4v) is 2.29. The van der Waals surface area contributed by atoms with Crippen molar-refractivity contribution in [1.29, 1.82) is 0 Å². The number of ether oxygens (including phenoxy) is 1. The Hall–Kier alpha value is -1.59.